The van der Waals surface area contributed by atoms with E-state index < -0.39 is 5.97 Å². The van der Waals surface area contributed by atoms with Gasteiger partial charge in [0.05, 0.1) is 5.56 Å². The molecule has 0 spiro atoms. The fraction of sp³-hybridized carbons (Fsp3) is 0. The normalized spacial score (nSPS) is 10.9. The molecule has 0 bridgehead atoms. The van der Waals surface area contributed by atoms with Gasteiger partial charge in [-0.15, -0.1) is 11.3 Å². The van der Waals surface area contributed by atoms with Crippen molar-refractivity contribution in [3.8, 4) is 0 Å². The summed E-state index contributed by atoms with van der Waals surface area (Å²) in [6.07, 6.45) is 3.67. The van der Waals surface area contributed by atoms with Gasteiger partial charge in [-0.05, 0) is 35.2 Å². The molecule has 1 aromatic carbocycles. The maximum Gasteiger partial charge on any atom is 0.336 e. The van der Waals surface area contributed by atoms with Gasteiger partial charge in [-0.3, -0.25) is 0 Å². The topological polar surface area (TPSA) is 37.3 Å². The predicted molar refractivity (Wildman–Crippen MR) is 71.7 cm³/mol. The van der Waals surface area contributed by atoms with E-state index in [2.05, 4.69) is 0 Å². The summed E-state index contributed by atoms with van der Waals surface area (Å²) in [4.78, 5) is 12.1. The van der Waals surface area contributed by atoms with E-state index >= 15 is 0 Å². The Kier molecular flexibility index (Phi) is 3.61. The molecule has 0 saturated carbocycles. The number of carbonyl (C=O) groups is 1. The first kappa shape index (κ1) is 11.9. The zero-order valence-corrected chi connectivity index (χ0v) is 10.3. The summed E-state index contributed by atoms with van der Waals surface area (Å²) in [5.74, 6) is -0.974. The number of rotatable bonds is 3. The molecule has 86 valence electrons. The number of hydrogen-bond donors (Lipinski definition) is 1. The van der Waals surface area contributed by atoms with Crippen LogP contribution in [0.4, 0.5) is 0 Å². The van der Waals surface area contributed by atoms with Crippen LogP contribution in [0.25, 0.3) is 12.2 Å². The minimum atomic E-state index is -0.974. The highest BCUT2D eigenvalue weighted by Crippen LogP contribution is 2.19. The second kappa shape index (κ2) is 5.17. The number of halogens is 1. The number of aromatic carboxylic acids is 1. The van der Waals surface area contributed by atoms with Crippen LogP contribution in [0.15, 0.2) is 35.7 Å². The molecule has 0 fully saturated rings. The molecule has 4 heteroatoms. The molecular formula is C13H9ClO2S. The fourth-order valence-corrected chi connectivity index (χ4v) is 2.21. The average Bonchev–Trinajstić information content (AvgIpc) is 2.80. The molecule has 1 heterocycles. The molecule has 0 aliphatic rings. The number of hydrogen-bond acceptors (Lipinski definition) is 2. The lowest BCUT2D eigenvalue weighted by Crippen LogP contribution is -1.98. The van der Waals surface area contributed by atoms with Crippen LogP contribution >= 0.6 is 22.9 Å². The van der Waals surface area contributed by atoms with Gasteiger partial charge in [-0.25, -0.2) is 4.79 Å². The summed E-state index contributed by atoms with van der Waals surface area (Å²) >= 11 is 7.37. The molecule has 1 aromatic heterocycles. The molecule has 2 nitrogen and oxygen atoms in total. The van der Waals surface area contributed by atoms with Gasteiger partial charge in [0.15, 0.2) is 0 Å². The van der Waals surface area contributed by atoms with Crippen LogP contribution in [0.3, 0.4) is 0 Å². The maximum absolute atomic E-state index is 11.0. The van der Waals surface area contributed by atoms with Crippen molar-refractivity contribution in [2.45, 2.75) is 0 Å². The summed E-state index contributed by atoms with van der Waals surface area (Å²) in [5.41, 5.74) is 0.862. The Bertz CT molecular complexity index is 559. The fourth-order valence-electron chi connectivity index (χ4n) is 1.42. The number of carboxylic acid groups (broad SMARTS) is 1. The zero-order chi connectivity index (χ0) is 12.3. The van der Waals surface area contributed by atoms with Crippen molar-refractivity contribution in [1.29, 1.82) is 0 Å². The highest BCUT2D eigenvalue weighted by molar-refractivity contribution is 7.10. The van der Waals surface area contributed by atoms with Crippen LogP contribution in [-0.4, -0.2) is 11.1 Å². The molecule has 0 radical (unpaired) electrons. The van der Waals surface area contributed by atoms with Crippen molar-refractivity contribution >= 4 is 41.1 Å². The van der Waals surface area contributed by atoms with Crippen LogP contribution in [-0.2, 0) is 0 Å². The van der Waals surface area contributed by atoms with Gasteiger partial charge in [-0.2, -0.15) is 0 Å². The summed E-state index contributed by atoms with van der Waals surface area (Å²) in [7, 11) is 0. The Morgan fingerprint density at radius 2 is 2.12 bits per heavy atom. The van der Waals surface area contributed by atoms with Crippen molar-refractivity contribution in [3.63, 3.8) is 0 Å². The van der Waals surface area contributed by atoms with Gasteiger partial charge >= 0.3 is 5.97 Å². The van der Waals surface area contributed by atoms with Crippen molar-refractivity contribution in [2.75, 3.05) is 0 Å². The van der Waals surface area contributed by atoms with E-state index in [9.17, 15) is 4.79 Å². The molecular weight excluding hydrogens is 256 g/mol. The second-order valence-corrected chi connectivity index (χ2v) is 4.80. The minimum Gasteiger partial charge on any atom is -0.478 e. The van der Waals surface area contributed by atoms with Crippen LogP contribution < -0.4 is 0 Å². The molecule has 0 aliphatic carbocycles. The van der Waals surface area contributed by atoms with Gasteiger partial charge < -0.3 is 5.11 Å². The first-order valence-corrected chi connectivity index (χ1v) is 6.17. The van der Waals surface area contributed by atoms with Crippen molar-refractivity contribution in [3.05, 3.63) is 56.7 Å². The Morgan fingerprint density at radius 3 is 2.76 bits per heavy atom. The predicted octanol–water partition coefficient (Wildman–Crippen LogP) is 4.27. The van der Waals surface area contributed by atoms with Crippen LogP contribution in [0.1, 0.15) is 20.8 Å². The van der Waals surface area contributed by atoms with Crippen LogP contribution in [0.5, 0.6) is 0 Å². The van der Waals surface area contributed by atoms with E-state index in [0.29, 0.717) is 10.6 Å². The lowest BCUT2D eigenvalue weighted by molar-refractivity contribution is 0.0696. The molecule has 2 rings (SSSR count). The molecule has 2 aromatic rings. The van der Waals surface area contributed by atoms with Crippen molar-refractivity contribution < 1.29 is 9.90 Å². The Balaban J connectivity index is 2.35. The largest absolute Gasteiger partial charge is 0.478 e. The summed E-state index contributed by atoms with van der Waals surface area (Å²) < 4.78 is 0. The van der Waals surface area contributed by atoms with Gasteiger partial charge in [-0.1, -0.05) is 29.8 Å². The molecule has 0 aliphatic heterocycles. The van der Waals surface area contributed by atoms with Crippen LogP contribution in [0, 0.1) is 0 Å². The molecule has 17 heavy (non-hydrogen) atoms. The average molecular weight is 265 g/mol. The molecule has 0 saturated heterocycles. The summed E-state index contributed by atoms with van der Waals surface area (Å²) in [5, 5.41) is 11.5. The van der Waals surface area contributed by atoms with Crippen molar-refractivity contribution in [1.82, 2.24) is 0 Å². The highest BCUT2D eigenvalue weighted by atomic mass is 35.5. The van der Waals surface area contributed by atoms with Crippen molar-refractivity contribution in [2.24, 2.45) is 0 Å². The lowest BCUT2D eigenvalue weighted by atomic mass is 10.1. The summed E-state index contributed by atoms with van der Waals surface area (Å²) in [6.45, 7) is 0. The summed E-state index contributed by atoms with van der Waals surface area (Å²) in [6, 6.07) is 8.76. The third-order valence-corrected chi connectivity index (χ3v) is 3.29. The maximum atomic E-state index is 11.0. The van der Waals surface area contributed by atoms with Gasteiger partial charge in [0.1, 0.15) is 0 Å². The lowest BCUT2D eigenvalue weighted by Gasteiger charge is -2.01. The van der Waals surface area contributed by atoms with E-state index in [0.717, 1.165) is 4.88 Å². The third-order valence-electron chi connectivity index (χ3n) is 2.22. The minimum absolute atomic E-state index is 0.213. The van der Waals surface area contributed by atoms with E-state index in [1.165, 1.54) is 6.07 Å². The SMILES string of the molecule is O=C(O)c1cc(Cl)ccc1C=Cc1cccs1. The Labute approximate surface area is 108 Å². The zero-order valence-electron chi connectivity index (χ0n) is 8.76. The number of carboxylic acids is 1. The van der Waals surface area contributed by atoms with Crippen LogP contribution in [0.2, 0.25) is 5.02 Å². The molecule has 0 amide bonds. The Morgan fingerprint density at radius 1 is 1.29 bits per heavy atom. The molecule has 1 N–H and O–H groups in total. The van der Waals surface area contributed by atoms with Gasteiger partial charge in [0, 0.05) is 9.90 Å². The number of benzene rings is 1. The number of thiophene rings is 1. The van der Waals surface area contributed by atoms with Gasteiger partial charge in [0.2, 0.25) is 0 Å². The highest BCUT2D eigenvalue weighted by Gasteiger charge is 2.08. The van der Waals surface area contributed by atoms with E-state index in [-0.39, 0.29) is 5.56 Å². The monoisotopic (exact) mass is 264 g/mol. The first-order valence-electron chi connectivity index (χ1n) is 4.91. The van der Waals surface area contributed by atoms with E-state index in [4.69, 9.17) is 16.7 Å². The molecule has 0 unspecified atom stereocenters. The Hall–Kier alpha value is -1.58. The first-order chi connectivity index (χ1) is 8.16. The van der Waals surface area contributed by atoms with E-state index in [1.807, 2.05) is 23.6 Å². The third kappa shape index (κ3) is 2.96. The van der Waals surface area contributed by atoms with Gasteiger partial charge in [0.25, 0.3) is 0 Å². The smallest absolute Gasteiger partial charge is 0.336 e. The quantitative estimate of drug-likeness (QED) is 0.899. The molecule has 0 atom stereocenters. The standard InChI is InChI=1S/C13H9ClO2S/c14-10-5-3-9(12(8-10)13(15)16)4-6-11-2-1-7-17-11/h1-8H,(H,15,16). The second-order valence-electron chi connectivity index (χ2n) is 3.39. The van der Waals surface area contributed by atoms with E-state index in [1.54, 1.807) is 29.5 Å².